The van der Waals surface area contributed by atoms with Gasteiger partial charge in [0.15, 0.2) is 11.5 Å². The monoisotopic (exact) mass is 420 g/mol. The molecule has 6 nitrogen and oxygen atoms in total. The molecule has 162 valence electrons. The molecule has 2 aromatic carbocycles. The lowest BCUT2D eigenvalue weighted by Gasteiger charge is -2.29. The van der Waals surface area contributed by atoms with Crippen LogP contribution in [-0.2, 0) is 9.59 Å². The molecular weight excluding hydrogens is 392 g/mol. The minimum Gasteiger partial charge on any atom is -0.508 e. The number of benzene rings is 2. The molecule has 6 heteroatoms. The number of amides is 1. The van der Waals surface area contributed by atoms with Gasteiger partial charge in [0.2, 0.25) is 0 Å². The van der Waals surface area contributed by atoms with Crippen LogP contribution in [0, 0.1) is 0 Å². The fraction of sp³-hybridized carbons (Fsp3) is 0.280. The number of rotatable bonds is 9. The van der Waals surface area contributed by atoms with Gasteiger partial charge in [-0.15, -0.1) is 0 Å². The average Bonchev–Trinajstić information content (AvgIpc) is 3.04. The highest BCUT2D eigenvalue weighted by Gasteiger charge is 2.42. The van der Waals surface area contributed by atoms with Crippen molar-refractivity contribution in [2.45, 2.75) is 19.9 Å². The van der Waals surface area contributed by atoms with Crippen molar-refractivity contribution in [3.05, 3.63) is 83.1 Å². The zero-order valence-electron chi connectivity index (χ0n) is 17.9. The molecule has 0 radical (unpaired) electrons. The number of allylic oxidation sites excluding steroid dienone is 1. The van der Waals surface area contributed by atoms with E-state index in [0.717, 1.165) is 18.7 Å². The van der Waals surface area contributed by atoms with Crippen molar-refractivity contribution in [3.63, 3.8) is 0 Å². The number of phenols is 1. The van der Waals surface area contributed by atoms with Crippen molar-refractivity contribution >= 4 is 17.8 Å². The molecule has 0 bridgehead atoms. The Bertz CT molecular complexity index is 994. The number of hydrogen-bond donors (Lipinski definition) is 2. The highest BCUT2D eigenvalue weighted by atomic mass is 16.3. The van der Waals surface area contributed by atoms with Crippen molar-refractivity contribution < 1.29 is 19.8 Å². The molecule has 0 saturated heterocycles. The normalized spacial score (nSPS) is 16.7. The predicted octanol–water partition coefficient (Wildman–Crippen LogP) is 3.71. The summed E-state index contributed by atoms with van der Waals surface area (Å²) in [6.45, 7) is 6.72. The molecule has 2 aromatic rings. The van der Waals surface area contributed by atoms with E-state index in [-0.39, 0.29) is 11.3 Å². The summed E-state index contributed by atoms with van der Waals surface area (Å²) in [5.41, 5.74) is 1.45. The van der Waals surface area contributed by atoms with Crippen LogP contribution < -0.4 is 0 Å². The third kappa shape index (κ3) is 5.03. The maximum Gasteiger partial charge on any atom is 0.290 e. The van der Waals surface area contributed by atoms with Crippen LogP contribution >= 0.6 is 0 Å². The average molecular weight is 421 g/mol. The van der Waals surface area contributed by atoms with E-state index in [4.69, 9.17) is 0 Å². The lowest BCUT2D eigenvalue weighted by Crippen LogP contribution is -2.38. The second kappa shape index (κ2) is 10.1. The molecule has 0 aromatic heterocycles. The first-order chi connectivity index (χ1) is 15.0. The summed E-state index contributed by atoms with van der Waals surface area (Å²) in [6, 6.07) is 15.0. The molecule has 0 saturated carbocycles. The first-order valence-corrected chi connectivity index (χ1v) is 10.5. The molecule has 2 N–H and O–H groups in total. The highest BCUT2D eigenvalue weighted by molar-refractivity contribution is 6.14. The maximum absolute atomic E-state index is 13.1. The number of likely N-dealkylation sites (N-methyl/N-ethyl adjacent to an activating group) is 1. The van der Waals surface area contributed by atoms with Crippen LogP contribution in [-0.4, -0.2) is 57.9 Å². The summed E-state index contributed by atoms with van der Waals surface area (Å²) >= 11 is 0. The van der Waals surface area contributed by atoms with E-state index in [1.165, 1.54) is 23.1 Å². The van der Waals surface area contributed by atoms with Gasteiger partial charge in [0, 0.05) is 13.1 Å². The van der Waals surface area contributed by atoms with Gasteiger partial charge in [0.25, 0.3) is 5.91 Å². The van der Waals surface area contributed by atoms with Crippen LogP contribution in [0.4, 0.5) is 0 Å². The number of ketones is 1. The van der Waals surface area contributed by atoms with Crippen molar-refractivity contribution in [3.8, 4) is 5.75 Å². The van der Waals surface area contributed by atoms with E-state index < -0.39 is 23.5 Å². The Morgan fingerprint density at radius 1 is 1.06 bits per heavy atom. The van der Waals surface area contributed by atoms with Gasteiger partial charge in [0.1, 0.15) is 5.75 Å². The third-order valence-corrected chi connectivity index (χ3v) is 5.53. The van der Waals surface area contributed by atoms with E-state index in [0.29, 0.717) is 18.7 Å². The Morgan fingerprint density at radius 2 is 1.77 bits per heavy atom. The minimum absolute atomic E-state index is 0.0299. The topological polar surface area (TPSA) is 81.1 Å². The smallest absolute Gasteiger partial charge is 0.290 e. The van der Waals surface area contributed by atoms with Gasteiger partial charge in [-0.05, 0) is 42.4 Å². The number of aliphatic hydroxyl groups excluding tert-OH is 1. The molecular formula is C25H28N2O4. The molecule has 1 unspecified atom stereocenters. The fourth-order valence-electron chi connectivity index (χ4n) is 3.79. The Morgan fingerprint density at radius 3 is 2.42 bits per heavy atom. The molecule has 1 aliphatic rings. The SMILES string of the molecule is CCN(CC)CCN1C(=O)C(O)=C(C(=O)/C=C/c2ccccc2)C1c1cccc(O)c1. The Labute approximate surface area is 182 Å². The fourth-order valence-corrected chi connectivity index (χ4v) is 3.79. The molecule has 3 rings (SSSR count). The summed E-state index contributed by atoms with van der Waals surface area (Å²) in [6.07, 6.45) is 3.03. The minimum atomic E-state index is -0.761. The van der Waals surface area contributed by atoms with E-state index in [9.17, 15) is 19.8 Å². The van der Waals surface area contributed by atoms with Gasteiger partial charge in [0.05, 0.1) is 11.6 Å². The number of carbonyl (C=O) groups excluding carboxylic acids is 2. The van der Waals surface area contributed by atoms with Gasteiger partial charge >= 0.3 is 0 Å². The Hall–Kier alpha value is -3.38. The first kappa shape index (κ1) is 22.3. The second-order valence-corrected chi connectivity index (χ2v) is 7.39. The molecule has 1 amide bonds. The summed E-state index contributed by atoms with van der Waals surface area (Å²) in [5.74, 6) is -1.51. The van der Waals surface area contributed by atoms with Crippen molar-refractivity contribution in [1.29, 1.82) is 0 Å². The van der Waals surface area contributed by atoms with E-state index in [1.54, 1.807) is 18.2 Å². The standard InChI is InChI=1S/C25H28N2O4/c1-3-26(4-2)15-16-27-23(19-11-8-12-20(28)17-19)22(24(30)25(27)31)21(29)14-13-18-9-6-5-7-10-18/h5-14,17,23,28,30H,3-4,15-16H2,1-2H3/b14-13+. The number of aliphatic hydroxyl groups is 1. The van der Waals surface area contributed by atoms with E-state index in [1.807, 2.05) is 44.2 Å². The number of aromatic hydroxyl groups is 1. The number of hydrogen-bond acceptors (Lipinski definition) is 5. The van der Waals surface area contributed by atoms with Gasteiger partial charge in [-0.25, -0.2) is 0 Å². The molecule has 0 fully saturated rings. The molecule has 1 heterocycles. The Balaban J connectivity index is 1.95. The van der Waals surface area contributed by atoms with E-state index >= 15 is 0 Å². The second-order valence-electron chi connectivity index (χ2n) is 7.39. The van der Waals surface area contributed by atoms with Crippen molar-refractivity contribution in [2.75, 3.05) is 26.2 Å². The Kier molecular flexibility index (Phi) is 7.26. The van der Waals surface area contributed by atoms with Crippen LogP contribution in [0.2, 0.25) is 0 Å². The summed E-state index contributed by atoms with van der Waals surface area (Å²) in [7, 11) is 0. The number of carbonyl (C=O) groups is 2. The molecule has 0 spiro atoms. The molecule has 1 atom stereocenters. The van der Waals surface area contributed by atoms with Crippen LogP contribution in [0.5, 0.6) is 5.75 Å². The van der Waals surface area contributed by atoms with Crippen LogP contribution in [0.15, 0.2) is 72.0 Å². The number of phenolic OH excluding ortho intramolecular Hbond substituents is 1. The van der Waals surface area contributed by atoms with E-state index in [2.05, 4.69) is 4.90 Å². The summed E-state index contributed by atoms with van der Waals surface area (Å²) in [4.78, 5) is 29.7. The third-order valence-electron chi connectivity index (χ3n) is 5.53. The maximum atomic E-state index is 13.1. The first-order valence-electron chi connectivity index (χ1n) is 10.5. The van der Waals surface area contributed by atoms with Crippen LogP contribution in [0.1, 0.15) is 31.0 Å². The van der Waals surface area contributed by atoms with Crippen molar-refractivity contribution in [1.82, 2.24) is 9.80 Å². The quantitative estimate of drug-likeness (QED) is 0.605. The van der Waals surface area contributed by atoms with Gasteiger partial charge in [-0.3, -0.25) is 9.59 Å². The molecule has 0 aliphatic carbocycles. The lowest BCUT2D eigenvalue weighted by molar-refractivity contribution is -0.129. The molecule has 31 heavy (non-hydrogen) atoms. The van der Waals surface area contributed by atoms with Crippen LogP contribution in [0.25, 0.3) is 6.08 Å². The zero-order chi connectivity index (χ0) is 22.4. The highest BCUT2D eigenvalue weighted by Crippen LogP contribution is 2.38. The van der Waals surface area contributed by atoms with Gasteiger partial charge in [-0.1, -0.05) is 62.4 Å². The largest absolute Gasteiger partial charge is 0.508 e. The zero-order valence-corrected chi connectivity index (χ0v) is 17.9. The van der Waals surface area contributed by atoms with Crippen LogP contribution in [0.3, 0.4) is 0 Å². The predicted molar refractivity (Wildman–Crippen MR) is 120 cm³/mol. The summed E-state index contributed by atoms with van der Waals surface area (Å²) < 4.78 is 0. The summed E-state index contributed by atoms with van der Waals surface area (Å²) in [5, 5.41) is 20.6. The number of nitrogens with zero attached hydrogens (tertiary/aromatic N) is 2. The van der Waals surface area contributed by atoms with Gasteiger partial charge in [-0.2, -0.15) is 0 Å². The van der Waals surface area contributed by atoms with Gasteiger partial charge < -0.3 is 20.0 Å². The van der Waals surface area contributed by atoms with Crippen molar-refractivity contribution in [2.24, 2.45) is 0 Å². The molecule has 1 aliphatic heterocycles. The lowest BCUT2D eigenvalue weighted by atomic mass is 9.95.